The first kappa shape index (κ1) is 18.9. The van der Waals surface area contributed by atoms with Crippen LogP contribution in [-0.2, 0) is 6.61 Å². The zero-order chi connectivity index (χ0) is 18.2. The van der Waals surface area contributed by atoms with Crippen LogP contribution in [0.4, 0.5) is 4.79 Å². The van der Waals surface area contributed by atoms with Gasteiger partial charge in [-0.25, -0.2) is 10.2 Å². The van der Waals surface area contributed by atoms with Crippen LogP contribution in [0.3, 0.4) is 0 Å². The molecule has 0 radical (unpaired) electrons. The average Bonchev–Trinajstić information content (AvgIpc) is 2.56. The lowest BCUT2D eigenvalue weighted by atomic mass is 10.2. The number of hydrazone groups is 1. The molecule has 0 aromatic heterocycles. The summed E-state index contributed by atoms with van der Waals surface area (Å²) in [6, 6.07) is 9.77. The number of urea groups is 1. The molecule has 0 atom stereocenters. The second kappa shape index (κ2) is 9.15. The molecular formula is C17H17Cl2N3O3. The third kappa shape index (κ3) is 5.55. The van der Waals surface area contributed by atoms with E-state index in [0.29, 0.717) is 39.3 Å². The van der Waals surface area contributed by atoms with Crippen molar-refractivity contribution in [3.63, 3.8) is 0 Å². The number of hydrogen-bond acceptors (Lipinski definition) is 4. The van der Waals surface area contributed by atoms with Crippen molar-refractivity contribution in [1.29, 1.82) is 0 Å². The van der Waals surface area contributed by atoms with Crippen molar-refractivity contribution in [2.45, 2.75) is 13.5 Å². The zero-order valence-corrected chi connectivity index (χ0v) is 15.0. The number of amides is 2. The van der Waals surface area contributed by atoms with E-state index < -0.39 is 6.03 Å². The van der Waals surface area contributed by atoms with Gasteiger partial charge in [-0.1, -0.05) is 29.3 Å². The summed E-state index contributed by atoms with van der Waals surface area (Å²) in [4.78, 5) is 10.6. The molecule has 0 aliphatic carbocycles. The Kier molecular flexibility index (Phi) is 6.91. The van der Waals surface area contributed by atoms with Crippen LogP contribution in [0.25, 0.3) is 0 Å². The fraction of sp³-hybridized carbons (Fsp3) is 0.176. The summed E-state index contributed by atoms with van der Waals surface area (Å²) in [7, 11) is 0. The third-order valence-electron chi connectivity index (χ3n) is 3.09. The number of carbonyl (C=O) groups excluding carboxylic acids is 1. The maximum Gasteiger partial charge on any atom is 0.332 e. The first-order chi connectivity index (χ1) is 12.0. The quantitative estimate of drug-likeness (QED) is 0.561. The van der Waals surface area contributed by atoms with E-state index in [9.17, 15) is 4.79 Å². The first-order valence-corrected chi connectivity index (χ1v) is 8.18. The standard InChI is InChI=1S/C17H17Cl2N3O3/c1-2-24-16-8-11(9-21-22-17(20)23)6-7-15(16)25-10-12-13(18)4-3-5-14(12)19/h3-9H,2,10H2,1H3,(H3,20,22,23)/b21-9+. The van der Waals surface area contributed by atoms with E-state index in [1.807, 2.05) is 6.92 Å². The van der Waals surface area contributed by atoms with Crippen molar-refractivity contribution in [3.05, 3.63) is 57.6 Å². The number of nitrogens with zero attached hydrogens (tertiary/aromatic N) is 1. The third-order valence-corrected chi connectivity index (χ3v) is 3.80. The van der Waals surface area contributed by atoms with E-state index >= 15 is 0 Å². The predicted molar refractivity (Wildman–Crippen MR) is 98.7 cm³/mol. The van der Waals surface area contributed by atoms with Gasteiger partial charge in [0.1, 0.15) is 6.61 Å². The highest BCUT2D eigenvalue weighted by molar-refractivity contribution is 6.35. The van der Waals surface area contributed by atoms with Crippen LogP contribution < -0.4 is 20.6 Å². The van der Waals surface area contributed by atoms with E-state index in [0.717, 1.165) is 0 Å². The van der Waals surface area contributed by atoms with Crippen LogP contribution in [-0.4, -0.2) is 18.9 Å². The fourth-order valence-electron chi connectivity index (χ4n) is 1.98. The molecule has 2 aromatic carbocycles. The largest absolute Gasteiger partial charge is 0.490 e. The highest BCUT2D eigenvalue weighted by Crippen LogP contribution is 2.31. The lowest BCUT2D eigenvalue weighted by Gasteiger charge is -2.14. The minimum Gasteiger partial charge on any atom is -0.490 e. The molecule has 0 fully saturated rings. The van der Waals surface area contributed by atoms with Crippen LogP contribution in [0.5, 0.6) is 11.5 Å². The van der Waals surface area contributed by atoms with E-state index in [2.05, 4.69) is 10.5 Å². The van der Waals surface area contributed by atoms with Crippen molar-refractivity contribution < 1.29 is 14.3 Å². The topological polar surface area (TPSA) is 85.9 Å². The molecule has 0 aliphatic heterocycles. The highest BCUT2D eigenvalue weighted by atomic mass is 35.5. The smallest absolute Gasteiger partial charge is 0.332 e. The molecular weight excluding hydrogens is 365 g/mol. The summed E-state index contributed by atoms with van der Waals surface area (Å²) >= 11 is 12.3. The summed E-state index contributed by atoms with van der Waals surface area (Å²) < 4.78 is 11.4. The van der Waals surface area contributed by atoms with Crippen LogP contribution in [0.1, 0.15) is 18.1 Å². The Morgan fingerprint density at radius 2 is 1.92 bits per heavy atom. The minimum atomic E-state index is -0.738. The summed E-state index contributed by atoms with van der Waals surface area (Å²) in [5.74, 6) is 1.08. The van der Waals surface area contributed by atoms with Gasteiger partial charge in [-0.05, 0) is 42.8 Å². The number of ether oxygens (including phenoxy) is 2. The molecule has 2 aromatic rings. The summed E-state index contributed by atoms with van der Waals surface area (Å²) in [6.07, 6.45) is 1.45. The monoisotopic (exact) mass is 381 g/mol. The van der Waals surface area contributed by atoms with Crippen molar-refractivity contribution in [1.82, 2.24) is 5.43 Å². The van der Waals surface area contributed by atoms with Crippen LogP contribution in [0.15, 0.2) is 41.5 Å². The average molecular weight is 382 g/mol. The molecule has 2 amide bonds. The minimum absolute atomic E-state index is 0.204. The van der Waals surface area contributed by atoms with E-state index in [1.165, 1.54) is 6.21 Å². The van der Waals surface area contributed by atoms with Gasteiger partial charge < -0.3 is 15.2 Å². The van der Waals surface area contributed by atoms with Crippen molar-refractivity contribution >= 4 is 35.4 Å². The molecule has 0 bridgehead atoms. The van der Waals surface area contributed by atoms with Crippen molar-refractivity contribution in [3.8, 4) is 11.5 Å². The first-order valence-electron chi connectivity index (χ1n) is 7.42. The Morgan fingerprint density at radius 1 is 1.20 bits per heavy atom. The Bertz CT molecular complexity index is 761. The SMILES string of the molecule is CCOc1cc(/C=N/NC(N)=O)ccc1OCc1c(Cl)cccc1Cl. The van der Waals surface area contributed by atoms with Gasteiger partial charge in [0, 0.05) is 15.6 Å². The number of nitrogens with two attached hydrogens (primary N) is 1. The number of benzene rings is 2. The second-order valence-electron chi connectivity index (χ2n) is 4.86. The lowest BCUT2D eigenvalue weighted by molar-refractivity contribution is 0.249. The van der Waals surface area contributed by atoms with Gasteiger partial charge >= 0.3 is 6.03 Å². The number of hydrogen-bond donors (Lipinski definition) is 2. The molecule has 6 nitrogen and oxygen atoms in total. The molecule has 0 saturated heterocycles. The number of rotatable bonds is 7. The van der Waals surface area contributed by atoms with Gasteiger partial charge in [0.15, 0.2) is 11.5 Å². The van der Waals surface area contributed by atoms with E-state index in [-0.39, 0.29) is 6.61 Å². The molecule has 2 rings (SSSR count). The normalized spacial score (nSPS) is 10.7. The zero-order valence-electron chi connectivity index (χ0n) is 13.5. The maximum absolute atomic E-state index is 10.6. The molecule has 0 aliphatic rings. The Morgan fingerprint density at radius 3 is 2.56 bits per heavy atom. The van der Waals surface area contributed by atoms with Crippen LogP contribution >= 0.6 is 23.2 Å². The van der Waals surface area contributed by atoms with E-state index in [4.69, 9.17) is 38.4 Å². The van der Waals surface area contributed by atoms with Gasteiger partial charge in [0.2, 0.25) is 0 Å². The summed E-state index contributed by atoms with van der Waals surface area (Å²) in [5, 5.41) is 4.78. The Labute approximate surface area is 155 Å². The van der Waals surface area contributed by atoms with Crippen molar-refractivity contribution in [2.24, 2.45) is 10.8 Å². The Balaban J connectivity index is 2.16. The van der Waals surface area contributed by atoms with Crippen molar-refractivity contribution in [2.75, 3.05) is 6.61 Å². The summed E-state index contributed by atoms with van der Waals surface area (Å²) in [5.41, 5.74) is 8.48. The van der Waals surface area contributed by atoms with Crippen LogP contribution in [0, 0.1) is 0 Å². The van der Waals surface area contributed by atoms with Gasteiger partial charge in [0.05, 0.1) is 12.8 Å². The molecule has 25 heavy (non-hydrogen) atoms. The van der Waals surface area contributed by atoms with Gasteiger partial charge in [0.25, 0.3) is 0 Å². The van der Waals surface area contributed by atoms with Crippen LogP contribution in [0.2, 0.25) is 10.0 Å². The van der Waals surface area contributed by atoms with E-state index in [1.54, 1.807) is 36.4 Å². The Hall–Kier alpha value is -2.44. The van der Waals surface area contributed by atoms with Gasteiger partial charge in [-0.3, -0.25) is 0 Å². The molecule has 0 unspecified atom stereocenters. The lowest BCUT2D eigenvalue weighted by Crippen LogP contribution is -2.24. The maximum atomic E-state index is 10.6. The second-order valence-corrected chi connectivity index (χ2v) is 5.68. The molecule has 3 N–H and O–H groups in total. The number of nitrogens with one attached hydrogen (secondary N) is 1. The number of halogens is 2. The van der Waals surface area contributed by atoms with Gasteiger partial charge in [-0.2, -0.15) is 5.10 Å². The summed E-state index contributed by atoms with van der Waals surface area (Å²) in [6.45, 7) is 2.53. The highest BCUT2D eigenvalue weighted by Gasteiger charge is 2.10. The number of carbonyl (C=O) groups is 1. The van der Waals surface area contributed by atoms with Gasteiger partial charge in [-0.15, -0.1) is 0 Å². The molecule has 132 valence electrons. The predicted octanol–water partition coefficient (Wildman–Crippen LogP) is 3.97. The number of primary amides is 1. The molecule has 8 heteroatoms. The molecule has 0 saturated carbocycles. The molecule has 0 heterocycles. The molecule has 0 spiro atoms. The fourth-order valence-corrected chi connectivity index (χ4v) is 2.49.